The lowest BCUT2D eigenvalue weighted by Crippen LogP contribution is -2.39. The summed E-state index contributed by atoms with van der Waals surface area (Å²) in [6, 6.07) is 7.28. The summed E-state index contributed by atoms with van der Waals surface area (Å²) in [4.78, 5) is 26.5. The highest BCUT2D eigenvalue weighted by atomic mass is 16.3. The Bertz CT molecular complexity index is 877. The first-order valence-corrected chi connectivity index (χ1v) is 10.2. The zero-order chi connectivity index (χ0) is 19.7. The van der Waals surface area contributed by atoms with Gasteiger partial charge in [-0.3, -0.25) is 4.79 Å². The third-order valence-corrected chi connectivity index (χ3v) is 5.86. The largest absolute Gasteiger partial charge is 0.508 e. The molecule has 0 aliphatic carbocycles. The standard InChI is InChI=1S/C22H28N4O2/c1-15-7-8-17(12-20(15)27)22(28)26-11-5-6-18(14-26)19-13-21(24-16(2)23-19)25-9-3-4-10-25/h7-8,12-13,18,27H,3-6,9-11,14H2,1-2H3/t18-/m1/s1. The monoisotopic (exact) mass is 380 g/mol. The van der Waals surface area contributed by atoms with Gasteiger partial charge >= 0.3 is 0 Å². The first-order chi connectivity index (χ1) is 13.5. The van der Waals surface area contributed by atoms with E-state index in [2.05, 4.69) is 16.0 Å². The molecule has 0 radical (unpaired) electrons. The van der Waals surface area contributed by atoms with Gasteiger partial charge in [0.1, 0.15) is 17.4 Å². The van der Waals surface area contributed by atoms with Crippen LogP contribution in [0.4, 0.5) is 5.82 Å². The van der Waals surface area contributed by atoms with Gasteiger partial charge in [0.2, 0.25) is 0 Å². The van der Waals surface area contributed by atoms with Gasteiger partial charge in [-0.2, -0.15) is 0 Å². The fourth-order valence-corrected chi connectivity index (χ4v) is 4.22. The number of carbonyl (C=O) groups is 1. The lowest BCUT2D eigenvalue weighted by Gasteiger charge is -2.33. The van der Waals surface area contributed by atoms with Crippen LogP contribution in [0.15, 0.2) is 24.3 Å². The number of rotatable bonds is 3. The number of aromatic nitrogens is 2. The number of aromatic hydroxyl groups is 1. The maximum absolute atomic E-state index is 13.0. The molecule has 1 amide bonds. The van der Waals surface area contributed by atoms with Crippen molar-refractivity contribution in [2.24, 2.45) is 0 Å². The molecule has 2 saturated heterocycles. The summed E-state index contributed by atoms with van der Waals surface area (Å²) < 4.78 is 0. The Morgan fingerprint density at radius 3 is 2.61 bits per heavy atom. The van der Waals surface area contributed by atoms with E-state index in [0.717, 1.165) is 55.4 Å². The van der Waals surface area contributed by atoms with Crippen molar-refractivity contribution in [3.63, 3.8) is 0 Å². The van der Waals surface area contributed by atoms with Crippen LogP contribution in [-0.2, 0) is 0 Å². The number of phenols is 1. The minimum atomic E-state index is -0.0226. The first kappa shape index (κ1) is 18.7. The predicted molar refractivity (Wildman–Crippen MR) is 109 cm³/mol. The van der Waals surface area contributed by atoms with Gasteiger partial charge < -0.3 is 14.9 Å². The highest BCUT2D eigenvalue weighted by Crippen LogP contribution is 2.30. The Hall–Kier alpha value is -2.63. The summed E-state index contributed by atoms with van der Waals surface area (Å²) in [7, 11) is 0. The molecule has 1 atom stereocenters. The van der Waals surface area contributed by atoms with E-state index in [4.69, 9.17) is 4.98 Å². The Morgan fingerprint density at radius 2 is 1.86 bits per heavy atom. The van der Waals surface area contributed by atoms with Crippen LogP contribution in [0, 0.1) is 13.8 Å². The van der Waals surface area contributed by atoms with E-state index in [9.17, 15) is 9.90 Å². The molecule has 0 bridgehead atoms. The van der Waals surface area contributed by atoms with Crippen LogP contribution in [0.1, 0.15) is 59.0 Å². The quantitative estimate of drug-likeness (QED) is 0.884. The van der Waals surface area contributed by atoms with Crippen LogP contribution in [0.3, 0.4) is 0 Å². The number of amides is 1. The van der Waals surface area contributed by atoms with E-state index in [0.29, 0.717) is 12.1 Å². The van der Waals surface area contributed by atoms with Crippen LogP contribution >= 0.6 is 0 Å². The number of benzene rings is 1. The molecule has 1 N–H and O–H groups in total. The minimum absolute atomic E-state index is 0.0226. The molecule has 2 fully saturated rings. The Labute approximate surface area is 166 Å². The average molecular weight is 380 g/mol. The predicted octanol–water partition coefficient (Wildman–Crippen LogP) is 3.42. The Kier molecular flexibility index (Phi) is 5.20. The summed E-state index contributed by atoms with van der Waals surface area (Å²) in [6.45, 7) is 7.29. The number of phenolic OH excluding ortho intramolecular Hbond substituents is 1. The Balaban J connectivity index is 1.53. The van der Waals surface area contributed by atoms with Crippen LogP contribution in [-0.4, -0.2) is 52.1 Å². The number of aryl methyl sites for hydroxylation is 2. The summed E-state index contributed by atoms with van der Waals surface area (Å²) in [5, 5.41) is 9.95. The number of nitrogens with zero attached hydrogens (tertiary/aromatic N) is 4. The van der Waals surface area contributed by atoms with Gasteiger partial charge in [0.05, 0.1) is 5.69 Å². The summed E-state index contributed by atoms with van der Waals surface area (Å²) in [5.74, 6) is 2.18. The molecule has 0 saturated carbocycles. The van der Waals surface area contributed by atoms with E-state index in [1.165, 1.54) is 12.8 Å². The van der Waals surface area contributed by atoms with E-state index >= 15 is 0 Å². The van der Waals surface area contributed by atoms with Gasteiger partial charge in [0.25, 0.3) is 5.91 Å². The number of carbonyl (C=O) groups excluding carboxylic acids is 1. The molecule has 148 valence electrons. The van der Waals surface area contributed by atoms with Crippen LogP contribution in [0.25, 0.3) is 0 Å². The van der Waals surface area contributed by atoms with E-state index in [1.807, 2.05) is 18.7 Å². The van der Waals surface area contributed by atoms with Crippen molar-refractivity contribution in [1.82, 2.24) is 14.9 Å². The van der Waals surface area contributed by atoms with Gasteiger partial charge in [0.15, 0.2) is 0 Å². The molecule has 0 unspecified atom stereocenters. The first-order valence-electron chi connectivity index (χ1n) is 10.2. The van der Waals surface area contributed by atoms with Crippen LogP contribution in [0.5, 0.6) is 5.75 Å². The maximum Gasteiger partial charge on any atom is 0.254 e. The minimum Gasteiger partial charge on any atom is -0.508 e. The molecular weight excluding hydrogens is 352 g/mol. The van der Waals surface area contributed by atoms with E-state index in [1.54, 1.807) is 18.2 Å². The number of piperidine rings is 1. The van der Waals surface area contributed by atoms with E-state index < -0.39 is 0 Å². The second-order valence-corrected chi connectivity index (χ2v) is 7.98. The zero-order valence-corrected chi connectivity index (χ0v) is 16.7. The number of hydrogen-bond donors (Lipinski definition) is 1. The molecule has 2 aliphatic heterocycles. The van der Waals surface area contributed by atoms with E-state index in [-0.39, 0.29) is 17.6 Å². The normalized spacial score (nSPS) is 19.9. The highest BCUT2D eigenvalue weighted by molar-refractivity contribution is 5.94. The van der Waals surface area contributed by atoms with Crippen molar-refractivity contribution in [1.29, 1.82) is 0 Å². The second kappa shape index (κ2) is 7.78. The van der Waals surface area contributed by atoms with Crippen molar-refractivity contribution in [2.75, 3.05) is 31.1 Å². The molecule has 4 rings (SSSR count). The van der Waals surface area contributed by atoms with Gasteiger partial charge in [-0.25, -0.2) is 9.97 Å². The SMILES string of the molecule is Cc1nc([C@@H]2CCCN(C(=O)c3ccc(C)c(O)c3)C2)cc(N2CCCC2)n1. The molecule has 6 heteroatoms. The van der Waals surface area contributed by atoms with Crippen molar-refractivity contribution < 1.29 is 9.90 Å². The molecule has 3 heterocycles. The van der Waals surface area contributed by atoms with Gasteiger partial charge in [0, 0.05) is 43.7 Å². The fourth-order valence-electron chi connectivity index (χ4n) is 4.22. The molecule has 1 aromatic heterocycles. The molecule has 1 aromatic carbocycles. The van der Waals surface area contributed by atoms with Crippen molar-refractivity contribution in [2.45, 2.75) is 45.4 Å². The Morgan fingerprint density at radius 1 is 1.07 bits per heavy atom. The molecule has 2 aliphatic rings. The lowest BCUT2D eigenvalue weighted by molar-refractivity contribution is 0.0705. The van der Waals surface area contributed by atoms with Crippen LogP contribution < -0.4 is 4.90 Å². The maximum atomic E-state index is 13.0. The molecular formula is C22H28N4O2. The summed E-state index contributed by atoms with van der Waals surface area (Å²) >= 11 is 0. The van der Waals surface area contributed by atoms with Gasteiger partial charge in [-0.15, -0.1) is 0 Å². The molecule has 0 spiro atoms. The van der Waals surface area contributed by atoms with Crippen molar-refractivity contribution >= 4 is 11.7 Å². The van der Waals surface area contributed by atoms with Gasteiger partial charge in [-0.05, 0) is 57.2 Å². The molecule has 6 nitrogen and oxygen atoms in total. The molecule has 2 aromatic rings. The van der Waals surface area contributed by atoms with Gasteiger partial charge in [-0.1, -0.05) is 6.07 Å². The fraction of sp³-hybridized carbons (Fsp3) is 0.500. The summed E-state index contributed by atoms with van der Waals surface area (Å²) in [6.07, 6.45) is 4.41. The number of likely N-dealkylation sites (tertiary alicyclic amines) is 1. The number of hydrogen-bond acceptors (Lipinski definition) is 5. The second-order valence-electron chi connectivity index (χ2n) is 7.98. The third kappa shape index (κ3) is 3.81. The van der Waals surface area contributed by atoms with Crippen molar-refractivity contribution in [3.8, 4) is 5.75 Å². The van der Waals surface area contributed by atoms with Crippen LogP contribution in [0.2, 0.25) is 0 Å². The molecule has 28 heavy (non-hydrogen) atoms. The lowest BCUT2D eigenvalue weighted by atomic mass is 9.93. The van der Waals surface area contributed by atoms with Crippen molar-refractivity contribution in [3.05, 3.63) is 46.9 Å². The zero-order valence-electron chi connectivity index (χ0n) is 16.7. The third-order valence-electron chi connectivity index (χ3n) is 5.86. The average Bonchev–Trinajstić information content (AvgIpc) is 3.24. The number of anilines is 1. The highest BCUT2D eigenvalue weighted by Gasteiger charge is 2.28. The topological polar surface area (TPSA) is 69.6 Å². The summed E-state index contributed by atoms with van der Waals surface area (Å²) in [5.41, 5.74) is 2.36. The smallest absolute Gasteiger partial charge is 0.254 e.